The molecule has 2 unspecified atom stereocenters. The summed E-state index contributed by atoms with van der Waals surface area (Å²) < 4.78 is 33.4. The summed E-state index contributed by atoms with van der Waals surface area (Å²) in [6.45, 7) is 3.16. The van der Waals surface area contributed by atoms with Crippen molar-refractivity contribution in [2.75, 3.05) is 19.5 Å². The van der Waals surface area contributed by atoms with E-state index in [-0.39, 0.29) is 11.4 Å². The highest BCUT2D eigenvalue weighted by molar-refractivity contribution is 7.89. The van der Waals surface area contributed by atoms with Crippen molar-refractivity contribution in [1.82, 2.24) is 14.9 Å². The summed E-state index contributed by atoms with van der Waals surface area (Å²) in [5, 5.41) is 16.0. The Labute approximate surface area is 267 Å². The van der Waals surface area contributed by atoms with Crippen molar-refractivity contribution in [1.29, 1.82) is 0 Å². The van der Waals surface area contributed by atoms with Gasteiger partial charge in [0.15, 0.2) is 0 Å². The second-order valence-electron chi connectivity index (χ2n) is 10.6. The summed E-state index contributed by atoms with van der Waals surface area (Å²) in [7, 11) is -2.74. The molecule has 0 aliphatic rings. The number of thiophene rings is 1. The first-order valence-electron chi connectivity index (χ1n) is 14.4. The number of sulfonamides is 1. The van der Waals surface area contributed by atoms with Crippen molar-refractivity contribution in [2.24, 2.45) is 0 Å². The van der Waals surface area contributed by atoms with Crippen molar-refractivity contribution in [3.63, 3.8) is 0 Å². The maximum atomic E-state index is 13.7. The molecule has 0 radical (unpaired) electrons. The Morgan fingerprint density at radius 1 is 0.911 bits per heavy atom. The number of hydrogen-bond donors (Lipinski definition) is 4. The van der Waals surface area contributed by atoms with Crippen molar-refractivity contribution in [2.45, 2.75) is 49.3 Å². The van der Waals surface area contributed by atoms with Crippen LogP contribution >= 0.6 is 11.3 Å². The van der Waals surface area contributed by atoms with Crippen molar-refractivity contribution in [3.05, 3.63) is 118 Å². The second kappa shape index (κ2) is 15.2. The highest BCUT2D eigenvalue weighted by atomic mass is 32.2. The van der Waals surface area contributed by atoms with Crippen molar-refractivity contribution in [3.8, 4) is 0 Å². The Morgan fingerprint density at radius 2 is 1.49 bits per heavy atom. The maximum absolute atomic E-state index is 13.7. The van der Waals surface area contributed by atoms with Crippen LogP contribution in [-0.2, 0) is 26.1 Å². The number of hydrogen-bond acceptors (Lipinski definition) is 8. The number of amides is 2. The zero-order chi connectivity index (χ0) is 32.6. The lowest BCUT2D eigenvalue weighted by molar-refractivity contribution is -0.123. The minimum Gasteiger partial charge on any atom is -0.453 e. The quantitative estimate of drug-likeness (QED) is 0.154. The number of carbonyl (C=O) groups excluding carboxylic acids is 2. The fraction of sp³-hybridized carbons (Fsp3) is 0.273. The summed E-state index contributed by atoms with van der Waals surface area (Å²) in [4.78, 5) is 27.6. The van der Waals surface area contributed by atoms with Gasteiger partial charge in [-0.05, 0) is 61.4 Å². The lowest BCUT2D eigenvalue weighted by atomic mass is 9.84. The molecule has 4 rings (SSSR count). The zero-order valence-corrected chi connectivity index (χ0v) is 26.9. The average molecular weight is 651 g/mol. The summed E-state index contributed by atoms with van der Waals surface area (Å²) in [6, 6.07) is 26.0. The first-order valence-corrected chi connectivity index (χ1v) is 16.6. The standard InChI is InChI=1S/C33H38N4O6S2/c1-22(2)37(45(41,42)27-17-14-25(34)15-18-27)28(21-38)29-19-16-26(44-29)20-35-32(39)31(36-33(40)43-3)30(23-10-6-4-7-11-23)24-12-8-5-9-13-24/h4-19,22,28,30-31,38H,20-21,34H2,1-3H3,(H,35,39)(H,36,40). The van der Waals surface area contributed by atoms with Gasteiger partial charge < -0.3 is 26.2 Å². The molecule has 45 heavy (non-hydrogen) atoms. The number of nitrogens with one attached hydrogen (secondary N) is 2. The summed E-state index contributed by atoms with van der Waals surface area (Å²) in [5.41, 5.74) is 7.87. The average Bonchev–Trinajstić information content (AvgIpc) is 3.51. The van der Waals surface area contributed by atoms with E-state index in [4.69, 9.17) is 10.5 Å². The fourth-order valence-corrected chi connectivity index (χ4v) is 8.10. The molecule has 0 fully saturated rings. The Hall–Kier alpha value is -4.23. The van der Waals surface area contributed by atoms with Crippen LogP contribution in [0.15, 0.2) is 102 Å². The van der Waals surface area contributed by atoms with Crippen LogP contribution in [0.25, 0.3) is 0 Å². The number of aliphatic hydroxyl groups excluding tert-OH is 1. The van der Waals surface area contributed by atoms with Gasteiger partial charge in [0.2, 0.25) is 15.9 Å². The smallest absolute Gasteiger partial charge is 0.407 e. The number of anilines is 1. The Balaban J connectivity index is 1.58. The van der Waals surface area contributed by atoms with Crippen LogP contribution in [0, 0.1) is 0 Å². The van der Waals surface area contributed by atoms with Gasteiger partial charge in [0.1, 0.15) is 6.04 Å². The molecule has 0 bridgehead atoms. The number of nitrogens with zero attached hydrogens (tertiary/aromatic N) is 1. The fourth-order valence-electron chi connectivity index (χ4n) is 5.20. The zero-order valence-electron chi connectivity index (χ0n) is 25.3. The normalized spacial score (nSPS) is 13.0. The van der Waals surface area contributed by atoms with Gasteiger partial charge in [0.05, 0.1) is 31.2 Å². The molecule has 0 spiro atoms. The van der Waals surface area contributed by atoms with Gasteiger partial charge in [0.25, 0.3) is 0 Å². The minimum atomic E-state index is -3.98. The molecular formula is C33H38N4O6S2. The number of nitrogen functional groups attached to an aromatic ring is 1. The number of methoxy groups -OCH3 is 1. The molecule has 0 aliphatic heterocycles. The van der Waals surface area contributed by atoms with Crippen LogP contribution < -0.4 is 16.4 Å². The Bertz CT molecular complexity index is 1620. The molecular weight excluding hydrogens is 613 g/mol. The highest BCUT2D eigenvalue weighted by Gasteiger charge is 2.36. The van der Waals surface area contributed by atoms with Crippen LogP contribution in [0.1, 0.15) is 46.7 Å². The predicted octanol–water partition coefficient (Wildman–Crippen LogP) is 4.64. The number of ether oxygens (including phenoxy) is 1. The van der Waals surface area contributed by atoms with Crippen LogP contribution in [0.4, 0.5) is 10.5 Å². The Kier molecular flexibility index (Phi) is 11.3. The third kappa shape index (κ3) is 8.08. The molecule has 5 N–H and O–H groups in total. The number of alkyl carbamates (subject to hydrolysis) is 1. The van der Waals surface area contributed by atoms with Gasteiger partial charge in [-0.1, -0.05) is 60.7 Å². The van der Waals surface area contributed by atoms with Crippen LogP contribution in [0.2, 0.25) is 0 Å². The molecule has 12 heteroatoms. The largest absolute Gasteiger partial charge is 0.453 e. The molecule has 1 aromatic heterocycles. The highest BCUT2D eigenvalue weighted by Crippen LogP contribution is 2.34. The number of aliphatic hydroxyl groups is 1. The van der Waals surface area contributed by atoms with Crippen LogP contribution in [0.5, 0.6) is 0 Å². The molecule has 1 heterocycles. The predicted molar refractivity (Wildman–Crippen MR) is 175 cm³/mol. The first kappa shape index (κ1) is 33.7. The lowest BCUT2D eigenvalue weighted by Crippen LogP contribution is -2.50. The molecule has 3 aromatic carbocycles. The molecule has 2 amide bonds. The molecule has 10 nitrogen and oxygen atoms in total. The summed E-state index contributed by atoms with van der Waals surface area (Å²) >= 11 is 1.29. The van der Waals surface area contributed by atoms with Gasteiger partial charge in [0, 0.05) is 27.4 Å². The summed E-state index contributed by atoms with van der Waals surface area (Å²) in [5.74, 6) is -0.941. The van der Waals surface area contributed by atoms with E-state index in [2.05, 4.69) is 10.6 Å². The molecule has 0 aliphatic carbocycles. The third-order valence-corrected chi connectivity index (χ3v) is 10.6. The third-order valence-electron chi connectivity index (χ3n) is 7.28. The van der Waals surface area contributed by atoms with E-state index < -0.39 is 52.7 Å². The van der Waals surface area contributed by atoms with E-state index >= 15 is 0 Å². The number of rotatable bonds is 13. The van der Waals surface area contributed by atoms with Gasteiger partial charge in [-0.2, -0.15) is 4.31 Å². The van der Waals surface area contributed by atoms with Crippen molar-refractivity contribution >= 4 is 39.0 Å². The van der Waals surface area contributed by atoms with Gasteiger partial charge >= 0.3 is 6.09 Å². The number of carbonyl (C=O) groups is 2. The number of nitrogens with two attached hydrogens (primary N) is 1. The van der Waals surface area contributed by atoms with E-state index in [9.17, 15) is 23.1 Å². The molecule has 4 aromatic rings. The maximum Gasteiger partial charge on any atom is 0.407 e. The van der Waals surface area contributed by atoms with Gasteiger partial charge in [-0.15, -0.1) is 11.3 Å². The number of benzene rings is 3. The summed E-state index contributed by atoms with van der Waals surface area (Å²) in [6.07, 6.45) is -0.743. The SMILES string of the molecule is COC(=O)NC(C(=O)NCc1ccc(C(CO)N(C(C)C)S(=O)(=O)c2ccc(N)cc2)s1)C(c1ccccc1)c1ccccc1. The van der Waals surface area contributed by atoms with E-state index in [1.165, 1.54) is 47.0 Å². The topological polar surface area (TPSA) is 151 Å². The van der Waals surface area contributed by atoms with E-state index in [0.29, 0.717) is 10.6 Å². The molecule has 0 saturated heterocycles. The molecule has 238 valence electrons. The van der Waals surface area contributed by atoms with Gasteiger partial charge in [-0.3, -0.25) is 4.79 Å². The van der Waals surface area contributed by atoms with E-state index in [1.54, 1.807) is 26.0 Å². The monoisotopic (exact) mass is 650 g/mol. The van der Waals surface area contributed by atoms with Crippen molar-refractivity contribution < 1.29 is 27.9 Å². The van der Waals surface area contributed by atoms with E-state index in [1.807, 2.05) is 60.7 Å². The van der Waals surface area contributed by atoms with Crippen LogP contribution in [0.3, 0.4) is 0 Å². The second-order valence-corrected chi connectivity index (χ2v) is 13.7. The Morgan fingerprint density at radius 3 is 2.00 bits per heavy atom. The first-order chi connectivity index (χ1) is 21.6. The lowest BCUT2D eigenvalue weighted by Gasteiger charge is -2.32. The van der Waals surface area contributed by atoms with Crippen LogP contribution in [-0.4, -0.2) is 55.6 Å². The van der Waals surface area contributed by atoms with E-state index in [0.717, 1.165) is 16.0 Å². The minimum absolute atomic E-state index is 0.0726. The van der Waals surface area contributed by atoms with Gasteiger partial charge in [-0.25, -0.2) is 13.2 Å². The molecule has 0 saturated carbocycles. The molecule has 2 atom stereocenters.